The van der Waals surface area contributed by atoms with E-state index in [1.807, 2.05) is 19.1 Å². The summed E-state index contributed by atoms with van der Waals surface area (Å²) in [6, 6.07) is 18.8. The normalized spacial score (nSPS) is 20.4. The third-order valence-corrected chi connectivity index (χ3v) is 7.97. The van der Waals surface area contributed by atoms with Gasteiger partial charge in [-0.05, 0) is 66.8 Å². The van der Waals surface area contributed by atoms with Crippen LogP contribution in [0.3, 0.4) is 0 Å². The molecule has 35 heavy (non-hydrogen) atoms. The van der Waals surface area contributed by atoms with Crippen LogP contribution < -0.4 is 14.8 Å². The van der Waals surface area contributed by atoms with E-state index in [4.69, 9.17) is 4.74 Å². The molecule has 3 aromatic carbocycles. The van der Waals surface area contributed by atoms with Crippen LogP contribution in [0.15, 0.2) is 83.8 Å². The molecule has 7 nitrogen and oxygen atoms in total. The molecular formula is C27H26N2O5S. The molecule has 0 saturated heterocycles. The van der Waals surface area contributed by atoms with Crippen LogP contribution in [0.2, 0.25) is 0 Å². The first-order valence-electron chi connectivity index (χ1n) is 11.5. The molecule has 0 bridgehead atoms. The number of benzene rings is 3. The molecule has 0 radical (unpaired) electrons. The molecule has 2 aliphatic rings. The van der Waals surface area contributed by atoms with Crippen molar-refractivity contribution in [3.05, 3.63) is 95.6 Å². The Morgan fingerprint density at radius 2 is 1.86 bits per heavy atom. The second-order valence-corrected chi connectivity index (χ2v) is 10.3. The molecule has 180 valence electrons. The maximum Gasteiger partial charge on any atom is 0.336 e. The Morgan fingerprint density at radius 3 is 2.66 bits per heavy atom. The van der Waals surface area contributed by atoms with Gasteiger partial charge in [-0.2, -0.15) is 0 Å². The minimum atomic E-state index is -3.86. The summed E-state index contributed by atoms with van der Waals surface area (Å²) in [5.74, 6) is -0.441. The molecule has 3 atom stereocenters. The molecule has 0 fully saturated rings. The lowest BCUT2D eigenvalue weighted by Gasteiger charge is -2.38. The standard InChI is InChI=1S/C27H26N2O5S/c1-2-34-25-13-6-5-12-24(25)29-35(32,33)17-14-15-23-22(16-17)18-10-7-11-19(18)26(28-23)20-8-3-4-9-21(20)27(30)31/h3-10,12-16,18-19,26,28-29H,2,11H2,1H3,(H,30,31)/t18-,19+,26-/m0/s1. The van der Waals surface area contributed by atoms with Crippen LogP contribution >= 0.6 is 0 Å². The van der Waals surface area contributed by atoms with Gasteiger partial charge in [0, 0.05) is 11.6 Å². The quantitative estimate of drug-likeness (QED) is 0.383. The van der Waals surface area contributed by atoms with Gasteiger partial charge in [0.1, 0.15) is 5.75 Å². The van der Waals surface area contributed by atoms with Crippen molar-refractivity contribution in [1.82, 2.24) is 0 Å². The molecule has 8 heteroatoms. The first kappa shape index (κ1) is 23.0. The van der Waals surface area contributed by atoms with Crippen molar-refractivity contribution in [2.45, 2.75) is 30.2 Å². The summed E-state index contributed by atoms with van der Waals surface area (Å²) < 4.78 is 34.8. The number of carboxylic acids is 1. The fourth-order valence-corrected chi connectivity index (χ4v) is 6.15. The average Bonchev–Trinajstić information content (AvgIpc) is 3.35. The zero-order chi connectivity index (χ0) is 24.6. The minimum Gasteiger partial charge on any atom is -0.492 e. The average molecular weight is 491 g/mol. The highest BCUT2D eigenvalue weighted by Gasteiger charge is 2.39. The number of ether oxygens (including phenoxy) is 1. The van der Waals surface area contributed by atoms with Gasteiger partial charge in [0.15, 0.2) is 0 Å². The van der Waals surface area contributed by atoms with Gasteiger partial charge >= 0.3 is 5.97 Å². The summed E-state index contributed by atoms with van der Waals surface area (Å²) in [4.78, 5) is 12.0. The van der Waals surface area contributed by atoms with Crippen LogP contribution in [0.5, 0.6) is 5.75 Å². The number of rotatable bonds is 7. The van der Waals surface area contributed by atoms with Crippen molar-refractivity contribution < 1.29 is 23.1 Å². The summed E-state index contributed by atoms with van der Waals surface area (Å²) in [6.07, 6.45) is 4.95. The Balaban J connectivity index is 1.50. The highest BCUT2D eigenvalue weighted by atomic mass is 32.2. The number of aromatic carboxylic acids is 1. The monoisotopic (exact) mass is 490 g/mol. The van der Waals surface area contributed by atoms with Gasteiger partial charge in [-0.1, -0.05) is 42.5 Å². The summed E-state index contributed by atoms with van der Waals surface area (Å²) >= 11 is 0. The molecule has 0 saturated carbocycles. The fourth-order valence-electron chi connectivity index (χ4n) is 5.05. The van der Waals surface area contributed by atoms with E-state index in [1.165, 1.54) is 0 Å². The van der Waals surface area contributed by atoms with Crippen LogP contribution in [0.4, 0.5) is 11.4 Å². The zero-order valence-corrected chi connectivity index (χ0v) is 20.0. The van der Waals surface area contributed by atoms with Crippen molar-refractivity contribution in [2.24, 2.45) is 5.92 Å². The summed E-state index contributed by atoms with van der Waals surface area (Å²) in [5.41, 5.74) is 3.07. The van der Waals surface area contributed by atoms with E-state index in [2.05, 4.69) is 22.2 Å². The topological polar surface area (TPSA) is 105 Å². The molecule has 0 unspecified atom stereocenters. The van der Waals surface area contributed by atoms with E-state index in [0.717, 1.165) is 23.2 Å². The zero-order valence-electron chi connectivity index (χ0n) is 19.1. The molecule has 1 aliphatic carbocycles. The van der Waals surface area contributed by atoms with Gasteiger partial charge in [0.25, 0.3) is 10.0 Å². The molecule has 0 aromatic heterocycles. The van der Waals surface area contributed by atoms with E-state index in [9.17, 15) is 18.3 Å². The number of hydrogen-bond acceptors (Lipinski definition) is 5. The fraction of sp³-hybridized carbons (Fsp3) is 0.222. The van der Waals surface area contributed by atoms with Gasteiger partial charge in [-0.15, -0.1) is 0 Å². The SMILES string of the molecule is CCOc1ccccc1NS(=O)(=O)c1ccc2c(c1)[C@H]1C=CC[C@H]1[C@@H](c1ccccc1C(=O)O)N2. The van der Waals surface area contributed by atoms with Crippen LogP contribution in [0.1, 0.15) is 46.8 Å². The second kappa shape index (κ2) is 9.11. The van der Waals surface area contributed by atoms with E-state index in [0.29, 0.717) is 18.0 Å². The Morgan fingerprint density at radius 1 is 1.09 bits per heavy atom. The number of anilines is 2. The minimum absolute atomic E-state index is 0.0241. The molecule has 0 amide bonds. The summed E-state index contributed by atoms with van der Waals surface area (Å²) in [7, 11) is -3.86. The highest BCUT2D eigenvalue weighted by molar-refractivity contribution is 7.92. The number of allylic oxidation sites excluding steroid dienone is 2. The maximum atomic E-state index is 13.3. The van der Waals surface area contributed by atoms with Gasteiger partial charge < -0.3 is 15.2 Å². The number of carbonyl (C=O) groups is 1. The van der Waals surface area contributed by atoms with E-state index in [1.54, 1.807) is 54.6 Å². The third-order valence-electron chi connectivity index (χ3n) is 6.60. The van der Waals surface area contributed by atoms with Gasteiger partial charge in [-0.25, -0.2) is 13.2 Å². The number of nitrogens with one attached hydrogen (secondary N) is 2. The van der Waals surface area contributed by atoms with Crippen LogP contribution in [-0.2, 0) is 10.0 Å². The molecule has 5 rings (SSSR count). The van der Waals surface area contributed by atoms with Crippen LogP contribution in [0, 0.1) is 5.92 Å². The predicted molar refractivity (Wildman–Crippen MR) is 135 cm³/mol. The Hall–Kier alpha value is -3.78. The van der Waals surface area contributed by atoms with Crippen molar-refractivity contribution in [3.8, 4) is 5.75 Å². The summed E-state index contributed by atoms with van der Waals surface area (Å²) in [5, 5.41) is 13.2. The first-order valence-corrected chi connectivity index (χ1v) is 13.0. The molecule has 0 spiro atoms. The molecule has 3 aromatic rings. The maximum absolute atomic E-state index is 13.3. The largest absolute Gasteiger partial charge is 0.492 e. The lowest BCUT2D eigenvalue weighted by molar-refractivity contribution is 0.0694. The number of carboxylic acid groups (broad SMARTS) is 1. The lowest BCUT2D eigenvalue weighted by atomic mass is 9.76. The van der Waals surface area contributed by atoms with Gasteiger partial charge in [-0.3, -0.25) is 4.72 Å². The second-order valence-electron chi connectivity index (χ2n) is 8.65. The Labute approximate surface area is 204 Å². The Bertz CT molecular complexity index is 1420. The highest BCUT2D eigenvalue weighted by Crippen LogP contribution is 2.50. The number of fused-ring (bicyclic) bond motifs is 3. The first-order chi connectivity index (χ1) is 16.9. The van der Waals surface area contributed by atoms with E-state index < -0.39 is 16.0 Å². The van der Waals surface area contributed by atoms with Crippen molar-refractivity contribution in [2.75, 3.05) is 16.6 Å². The molecule has 1 aliphatic heterocycles. The predicted octanol–water partition coefficient (Wildman–Crippen LogP) is 5.41. The van der Waals surface area contributed by atoms with Gasteiger partial charge in [0.05, 0.1) is 28.8 Å². The van der Waals surface area contributed by atoms with Crippen LogP contribution in [-0.4, -0.2) is 26.1 Å². The number of para-hydroxylation sites is 2. The lowest BCUT2D eigenvalue weighted by Crippen LogP contribution is -2.30. The Kier molecular flexibility index (Phi) is 5.98. The molecule has 1 heterocycles. The summed E-state index contributed by atoms with van der Waals surface area (Å²) in [6.45, 7) is 2.26. The van der Waals surface area contributed by atoms with Crippen molar-refractivity contribution in [1.29, 1.82) is 0 Å². The van der Waals surface area contributed by atoms with E-state index >= 15 is 0 Å². The van der Waals surface area contributed by atoms with Gasteiger partial charge in [0.2, 0.25) is 0 Å². The van der Waals surface area contributed by atoms with Crippen LogP contribution in [0.25, 0.3) is 0 Å². The number of hydrogen-bond donors (Lipinski definition) is 3. The third kappa shape index (κ3) is 4.25. The van der Waals surface area contributed by atoms with Crippen molar-refractivity contribution >= 4 is 27.4 Å². The molecule has 3 N–H and O–H groups in total. The number of sulfonamides is 1. The smallest absolute Gasteiger partial charge is 0.336 e. The van der Waals surface area contributed by atoms with E-state index in [-0.39, 0.29) is 28.3 Å². The molecular weight excluding hydrogens is 464 g/mol. The van der Waals surface area contributed by atoms with Crippen molar-refractivity contribution in [3.63, 3.8) is 0 Å².